The molecule has 3 aromatic rings. The van der Waals surface area contributed by atoms with E-state index in [4.69, 9.17) is 4.98 Å². The quantitative estimate of drug-likeness (QED) is 0.359. The van der Waals surface area contributed by atoms with Crippen LogP contribution in [0.5, 0.6) is 0 Å². The molecular weight excluding hydrogens is 504 g/mol. The van der Waals surface area contributed by atoms with Crippen molar-refractivity contribution in [2.45, 2.75) is 64.8 Å². The molecule has 1 saturated heterocycles. The molecule has 1 aliphatic rings. The average Bonchev–Trinajstić information content (AvgIpc) is 3.30. The first-order valence-corrected chi connectivity index (χ1v) is 15.4. The smallest absolute Gasteiger partial charge is 0.260 e. The molecule has 9 heteroatoms. The molecule has 1 amide bonds. The highest BCUT2D eigenvalue weighted by atomic mass is 32.2. The summed E-state index contributed by atoms with van der Waals surface area (Å²) in [5.74, 6) is -0.170. The van der Waals surface area contributed by atoms with Gasteiger partial charge in [-0.25, -0.2) is 13.4 Å². The number of anilines is 1. The molecule has 1 unspecified atom stereocenters. The zero-order chi connectivity index (χ0) is 26.7. The first-order chi connectivity index (χ1) is 17.6. The summed E-state index contributed by atoms with van der Waals surface area (Å²) in [7, 11) is -3.59. The van der Waals surface area contributed by atoms with E-state index in [-0.39, 0.29) is 16.8 Å². The van der Waals surface area contributed by atoms with Gasteiger partial charge in [0.1, 0.15) is 0 Å². The molecule has 1 atom stereocenters. The molecule has 7 nitrogen and oxygen atoms in total. The maximum atomic E-state index is 13.8. The van der Waals surface area contributed by atoms with Crippen LogP contribution < -0.4 is 4.90 Å². The van der Waals surface area contributed by atoms with Crippen molar-refractivity contribution in [1.82, 2.24) is 14.2 Å². The van der Waals surface area contributed by atoms with Gasteiger partial charge in [0, 0.05) is 31.2 Å². The van der Waals surface area contributed by atoms with E-state index in [9.17, 15) is 13.2 Å². The van der Waals surface area contributed by atoms with Gasteiger partial charge >= 0.3 is 0 Å². The van der Waals surface area contributed by atoms with Crippen molar-refractivity contribution >= 4 is 42.6 Å². The third-order valence-electron chi connectivity index (χ3n) is 7.27. The molecule has 200 valence electrons. The maximum absolute atomic E-state index is 13.8. The van der Waals surface area contributed by atoms with Crippen molar-refractivity contribution in [3.63, 3.8) is 0 Å². The largest absolute Gasteiger partial charge is 0.302 e. The highest BCUT2D eigenvalue weighted by Gasteiger charge is 2.31. The molecule has 2 heterocycles. The first kappa shape index (κ1) is 27.7. The van der Waals surface area contributed by atoms with Crippen LogP contribution in [-0.4, -0.2) is 67.3 Å². The number of fused-ring (bicyclic) bond motifs is 1. The van der Waals surface area contributed by atoms with E-state index in [0.717, 1.165) is 60.2 Å². The van der Waals surface area contributed by atoms with Crippen LogP contribution in [0.2, 0.25) is 0 Å². The minimum Gasteiger partial charge on any atom is -0.302 e. The summed E-state index contributed by atoms with van der Waals surface area (Å²) in [5, 5.41) is 0.666. The molecule has 1 fully saturated rings. The lowest BCUT2D eigenvalue weighted by molar-refractivity contribution is 0.0983. The standard InChI is InChI=1S/C28H38N4O3S2/c1-6-30(7-2)16-17-31(28-29-25-19-20(3)18-21(4)26(25)36-28)27(33)23-11-13-24(14-12-23)37(34,35)32-15-9-8-10-22(32)5/h11-14,18-19,22H,6-10,15-17H2,1-5H3. The lowest BCUT2D eigenvalue weighted by Gasteiger charge is -2.32. The van der Waals surface area contributed by atoms with E-state index in [1.54, 1.807) is 33.5 Å². The third-order valence-corrected chi connectivity index (χ3v) is 10.5. The Morgan fingerprint density at radius 3 is 2.43 bits per heavy atom. The normalized spacial score (nSPS) is 17.0. The molecule has 1 aliphatic heterocycles. The van der Waals surface area contributed by atoms with Crippen LogP contribution in [0.25, 0.3) is 10.2 Å². The highest BCUT2D eigenvalue weighted by Crippen LogP contribution is 2.33. The summed E-state index contributed by atoms with van der Waals surface area (Å²) in [4.78, 5) is 22.9. The van der Waals surface area contributed by atoms with Crippen LogP contribution in [0.15, 0.2) is 41.3 Å². The Morgan fingerprint density at radius 2 is 1.78 bits per heavy atom. The Labute approximate surface area is 225 Å². The third kappa shape index (κ3) is 5.90. The van der Waals surface area contributed by atoms with Gasteiger partial charge in [-0.3, -0.25) is 9.69 Å². The minimum atomic E-state index is -3.59. The van der Waals surface area contributed by atoms with Crippen LogP contribution in [0.3, 0.4) is 0 Å². The van der Waals surface area contributed by atoms with E-state index in [2.05, 4.69) is 44.7 Å². The number of hydrogen-bond acceptors (Lipinski definition) is 6. The predicted octanol–water partition coefficient (Wildman–Crippen LogP) is 5.46. The van der Waals surface area contributed by atoms with Gasteiger partial charge < -0.3 is 4.90 Å². The Morgan fingerprint density at radius 1 is 1.08 bits per heavy atom. The molecule has 0 bridgehead atoms. The van der Waals surface area contributed by atoms with Crippen molar-refractivity contribution in [2.24, 2.45) is 0 Å². The summed E-state index contributed by atoms with van der Waals surface area (Å²) in [6, 6.07) is 10.6. The van der Waals surface area contributed by atoms with Gasteiger partial charge in [0.2, 0.25) is 10.0 Å². The number of piperidine rings is 1. The Kier molecular flexibility index (Phi) is 8.68. The monoisotopic (exact) mass is 542 g/mol. The van der Waals surface area contributed by atoms with E-state index >= 15 is 0 Å². The van der Waals surface area contributed by atoms with Gasteiger partial charge in [-0.1, -0.05) is 37.7 Å². The Balaban J connectivity index is 1.64. The fourth-order valence-electron chi connectivity index (χ4n) is 5.04. The molecule has 0 spiro atoms. The molecule has 0 saturated carbocycles. The van der Waals surface area contributed by atoms with Crippen molar-refractivity contribution in [3.05, 3.63) is 53.1 Å². The second-order valence-electron chi connectivity index (χ2n) is 9.90. The zero-order valence-electron chi connectivity index (χ0n) is 22.5. The Hall–Kier alpha value is -2.33. The summed E-state index contributed by atoms with van der Waals surface area (Å²) >= 11 is 1.53. The predicted molar refractivity (Wildman–Crippen MR) is 152 cm³/mol. The molecule has 0 N–H and O–H groups in total. The SMILES string of the molecule is CCN(CC)CCN(C(=O)c1ccc(S(=O)(=O)N2CCCCC2C)cc1)c1nc2cc(C)cc(C)c2s1. The van der Waals surface area contributed by atoms with E-state index in [1.807, 2.05) is 6.92 Å². The summed E-state index contributed by atoms with van der Waals surface area (Å²) in [6.07, 6.45) is 2.80. The average molecular weight is 543 g/mol. The van der Waals surface area contributed by atoms with Crippen molar-refractivity contribution in [1.29, 1.82) is 0 Å². The first-order valence-electron chi connectivity index (χ1n) is 13.2. The van der Waals surface area contributed by atoms with Gasteiger partial charge in [-0.05, 0) is 88.2 Å². The van der Waals surface area contributed by atoms with Gasteiger partial charge in [0.15, 0.2) is 5.13 Å². The number of nitrogens with zero attached hydrogens (tertiary/aromatic N) is 4. The van der Waals surface area contributed by atoms with Crippen LogP contribution in [-0.2, 0) is 10.0 Å². The van der Waals surface area contributed by atoms with Crippen LogP contribution in [0.4, 0.5) is 5.13 Å². The fraction of sp³-hybridized carbons (Fsp3) is 0.500. The molecule has 37 heavy (non-hydrogen) atoms. The number of likely N-dealkylation sites (N-methyl/N-ethyl adjacent to an activating group) is 1. The number of amides is 1. The number of aryl methyl sites for hydroxylation is 2. The number of benzene rings is 2. The van der Waals surface area contributed by atoms with Crippen LogP contribution >= 0.6 is 11.3 Å². The number of carbonyl (C=O) groups excluding carboxylic acids is 1. The summed E-state index contributed by atoms with van der Waals surface area (Å²) in [5.41, 5.74) is 3.65. The highest BCUT2D eigenvalue weighted by molar-refractivity contribution is 7.89. The molecule has 0 aliphatic carbocycles. The van der Waals surface area contributed by atoms with E-state index < -0.39 is 10.0 Å². The Bertz CT molecular complexity index is 1350. The van der Waals surface area contributed by atoms with Gasteiger partial charge in [-0.2, -0.15) is 4.31 Å². The number of sulfonamides is 1. The number of thiazole rings is 1. The summed E-state index contributed by atoms with van der Waals surface area (Å²) < 4.78 is 29.2. The molecular formula is C28H38N4O3S2. The van der Waals surface area contributed by atoms with Crippen molar-refractivity contribution in [3.8, 4) is 0 Å². The van der Waals surface area contributed by atoms with Gasteiger partial charge in [0.25, 0.3) is 5.91 Å². The summed E-state index contributed by atoms with van der Waals surface area (Å²) in [6.45, 7) is 13.9. The fourth-order valence-corrected chi connectivity index (χ4v) is 7.77. The lowest BCUT2D eigenvalue weighted by atomic mass is 10.1. The van der Waals surface area contributed by atoms with Crippen LogP contribution in [0.1, 0.15) is 61.5 Å². The van der Waals surface area contributed by atoms with Crippen molar-refractivity contribution < 1.29 is 13.2 Å². The van der Waals surface area contributed by atoms with E-state index in [0.29, 0.717) is 23.8 Å². The lowest BCUT2D eigenvalue weighted by Crippen LogP contribution is -2.42. The number of rotatable bonds is 9. The van der Waals surface area contributed by atoms with Crippen LogP contribution in [0, 0.1) is 13.8 Å². The second kappa shape index (κ2) is 11.6. The van der Waals surface area contributed by atoms with Gasteiger partial charge in [-0.15, -0.1) is 0 Å². The minimum absolute atomic E-state index is 0.0123. The second-order valence-corrected chi connectivity index (χ2v) is 12.8. The van der Waals surface area contributed by atoms with Crippen molar-refractivity contribution in [2.75, 3.05) is 37.6 Å². The molecule has 1 aromatic heterocycles. The zero-order valence-corrected chi connectivity index (χ0v) is 24.2. The number of hydrogen-bond donors (Lipinski definition) is 0. The molecule has 0 radical (unpaired) electrons. The topological polar surface area (TPSA) is 73.8 Å². The molecule has 2 aromatic carbocycles. The number of aromatic nitrogens is 1. The number of carbonyl (C=O) groups is 1. The maximum Gasteiger partial charge on any atom is 0.260 e. The molecule has 4 rings (SSSR count). The van der Waals surface area contributed by atoms with E-state index in [1.165, 1.54) is 11.3 Å². The van der Waals surface area contributed by atoms with Gasteiger partial charge in [0.05, 0.1) is 15.1 Å².